The fourth-order valence-electron chi connectivity index (χ4n) is 3.11. The minimum Gasteiger partial charge on any atom is -0.368 e. The van der Waals surface area contributed by atoms with Gasteiger partial charge >= 0.3 is 0 Å². The van der Waals surface area contributed by atoms with E-state index in [9.17, 15) is 4.79 Å². The molecule has 18 heavy (non-hydrogen) atoms. The molecule has 1 saturated heterocycles. The second-order valence-electron chi connectivity index (χ2n) is 5.30. The van der Waals surface area contributed by atoms with Crippen molar-refractivity contribution in [3.63, 3.8) is 0 Å². The van der Waals surface area contributed by atoms with E-state index in [-0.39, 0.29) is 18.3 Å². The molecule has 106 valence electrons. The number of nitrogens with one attached hydrogen (secondary N) is 1. The maximum absolute atomic E-state index is 12.6. The number of amides is 1. The number of likely N-dealkylation sites (N-methyl/N-ethyl adjacent to an activating group) is 1. The van der Waals surface area contributed by atoms with Crippen LogP contribution in [0.4, 0.5) is 0 Å². The number of halogens is 1. The van der Waals surface area contributed by atoms with Crippen LogP contribution >= 0.6 is 12.4 Å². The number of rotatable bonds is 3. The summed E-state index contributed by atoms with van der Waals surface area (Å²) in [5.74, 6) is 0.188. The van der Waals surface area contributed by atoms with Crippen molar-refractivity contribution in [3.05, 3.63) is 0 Å². The van der Waals surface area contributed by atoms with Gasteiger partial charge in [0.1, 0.15) is 5.60 Å². The molecule has 5 heteroatoms. The molecule has 0 bridgehead atoms. The van der Waals surface area contributed by atoms with Gasteiger partial charge in [0.2, 0.25) is 0 Å². The highest BCUT2D eigenvalue weighted by atomic mass is 35.5. The van der Waals surface area contributed by atoms with E-state index < -0.39 is 5.60 Å². The summed E-state index contributed by atoms with van der Waals surface area (Å²) in [5, 5.41) is 3.29. The van der Waals surface area contributed by atoms with E-state index in [4.69, 9.17) is 4.74 Å². The Morgan fingerprint density at radius 1 is 1.28 bits per heavy atom. The molecular weight excluding hydrogens is 252 g/mol. The summed E-state index contributed by atoms with van der Waals surface area (Å²) >= 11 is 0. The molecule has 0 unspecified atom stereocenters. The van der Waals surface area contributed by atoms with Crippen molar-refractivity contribution in [1.82, 2.24) is 10.2 Å². The monoisotopic (exact) mass is 276 g/mol. The Morgan fingerprint density at radius 2 is 1.83 bits per heavy atom. The van der Waals surface area contributed by atoms with Crippen LogP contribution in [0.2, 0.25) is 0 Å². The summed E-state index contributed by atoms with van der Waals surface area (Å²) in [6.07, 6.45) is 6.40. The van der Waals surface area contributed by atoms with E-state index in [2.05, 4.69) is 5.32 Å². The molecule has 0 aromatic rings. The number of carbonyl (C=O) groups is 1. The van der Waals surface area contributed by atoms with Crippen LogP contribution in [0.1, 0.15) is 38.5 Å². The van der Waals surface area contributed by atoms with Gasteiger partial charge in [-0.2, -0.15) is 0 Å². The molecule has 1 aliphatic heterocycles. The Bertz CT molecular complexity index is 274. The van der Waals surface area contributed by atoms with Crippen LogP contribution in [0.3, 0.4) is 0 Å². The summed E-state index contributed by atoms with van der Waals surface area (Å²) in [4.78, 5) is 14.6. The predicted octanol–water partition coefficient (Wildman–Crippen LogP) is 1.58. The topological polar surface area (TPSA) is 41.6 Å². The minimum atomic E-state index is -0.567. The van der Waals surface area contributed by atoms with Gasteiger partial charge in [0.05, 0.1) is 0 Å². The van der Waals surface area contributed by atoms with Crippen LogP contribution in [-0.2, 0) is 9.53 Å². The van der Waals surface area contributed by atoms with Crippen LogP contribution in [0.5, 0.6) is 0 Å². The van der Waals surface area contributed by atoms with Gasteiger partial charge < -0.3 is 15.0 Å². The molecule has 1 saturated carbocycles. The molecule has 1 N–H and O–H groups in total. The lowest BCUT2D eigenvalue weighted by molar-refractivity contribution is -0.159. The normalized spacial score (nSPS) is 23.4. The molecule has 2 rings (SSSR count). The molecule has 1 amide bonds. The Hall–Kier alpha value is -0.320. The highest BCUT2D eigenvalue weighted by molar-refractivity contribution is 5.85. The first-order valence-corrected chi connectivity index (χ1v) is 6.73. The number of carbonyl (C=O) groups excluding carboxylic acids is 1. The standard InChI is InChI=1S/C13H24N2O2.ClH/c1-15(11-5-3-4-6-11)12(16)13(17-2)7-9-14-10-8-13;/h11,14H,3-10H2,1-2H3;1H. The summed E-state index contributed by atoms with van der Waals surface area (Å²) in [5.41, 5.74) is -0.567. The average Bonchev–Trinajstić information content (AvgIpc) is 2.91. The van der Waals surface area contributed by atoms with Crippen molar-refractivity contribution < 1.29 is 9.53 Å². The molecule has 0 radical (unpaired) electrons. The van der Waals surface area contributed by atoms with E-state index >= 15 is 0 Å². The number of piperidine rings is 1. The van der Waals surface area contributed by atoms with Gasteiger partial charge in [0.25, 0.3) is 5.91 Å². The minimum absolute atomic E-state index is 0. The van der Waals surface area contributed by atoms with Crippen LogP contribution in [0, 0.1) is 0 Å². The first-order valence-electron chi connectivity index (χ1n) is 6.73. The van der Waals surface area contributed by atoms with Crippen molar-refractivity contribution >= 4 is 18.3 Å². The molecule has 0 aromatic heterocycles. The van der Waals surface area contributed by atoms with Gasteiger partial charge in [0.15, 0.2) is 0 Å². The Labute approximate surface area is 116 Å². The summed E-state index contributed by atoms with van der Waals surface area (Å²) in [6.45, 7) is 1.75. The van der Waals surface area contributed by atoms with E-state index in [1.807, 2.05) is 11.9 Å². The van der Waals surface area contributed by atoms with Crippen molar-refractivity contribution in [2.24, 2.45) is 0 Å². The fourth-order valence-corrected chi connectivity index (χ4v) is 3.11. The molecule has 1 heterocycles. The van der Waals surface area contributed by atoms with Crippen molar-refractivity contribution in [2.45, 2.75) is 50.2 Å². The summed E-state index contributed by atoms with van der Waals surface area (Å²) in [6, 6.07) is 0.435. The van der Waals surface area contributed by atoms with Crippen LogP contribution in [-0.4, -0.2) is 49.7 Å². The van der Waals surface area contributed by atoms with Gasteiger partial charge in [0, 0.05) is 20.2 Å². The smallest absolute Gasteiger partial charge is 0.254 e. The zero-order valence-electron chi connectivity index (χ0n) is 11.4. The Morgan fingerprint density at radius 3 is 2.33 bits per heavy atom. The Kier molecular flexibility index (Phi) is 5.89. The molecule has 0 atom stereocenters. The van der Waals surface area contributed by atoms with Crippen molar-refractivity contribution in [3.8, 4) is 0 Å². The first kappa shape index (κ1) is 15.7. The molecule has 0 aromatic carbocycles. The van der Waals surface area contributed by atoms with Crippen molar-refractivity contribution in [1.29, 1.82) is 0 Å². The highest BCUT2D eigenvalue weighted by Gasteiger charge is 2.43. The maximum Gasteiger partial charge on any atom is 0.254 e. The molecule has 1 aliphatic carbocycles. The first-order chi connectivity index (χ1) is 8.19. The van der Waals surface area contributed by atoms with E-state index in [0.29, 0.717) is 6.04 Å². The van der Waals surface area contributed by atoms with E-state index in [0.717, 1.165) is 38.8 Å². The van der Waals surface area contributed by atoms with Gasteiger partial charge in [-0.15, -0.1) is 12.4 Å². The molecule has 2 aliphatic rings. The third-order valence-corrected chi connectivity index (χ3v) is 4.38. The number of nitrogens with zero attached hydrogens (tertiary/aromatic N) is 1. The SMILES string of the molecule is COC1(C(=O)N(C)C2CCCC2)CCNCC1.Cl. The quantitative estimate of drug-likeness (QED) is 0.851. The maximum atomic E-state index is 12.6. The van der Waals surface area contributed by atoms with Crippen LogP contribution in [0.25, 0.3) is 0 Å². The Balaban J connectivity index is 0.00000162. The number of ether oxygens (including phenoxy) is 1. The zero-order chi connectivity index (χ0) is 12.3. The van der Waals surface area contributed by atoms with Gasteiger partial charge in [-0.3, -0.25) is 4.79 Å². The van der Waals surface area contributed by atoms with Crippen LogP contribution < -0.4 is 5.32 Å². The lowest BCUT2D eigenvalue weighted by atomic mass is 9.90. The number of hydrogen-bond donors (Lipinski definition) is 1. The van der Waals surface area contributed by atoms with E-state index in [1.54, 1.807) is 7.11 Å². The molecule has 0 spiro atoms. The van der Waals surface area contributed by atoms with Gasteiger partial charge in [-0.25, -0.2) is 0 Å². The number of methoxy groups -OCH3 is 1. The second kappa shape index (κ2) is 6.73. The third-order valence-electron chi connectivity index (χ3n) is 4.38. The third kappa shape index (κ3) is 2.98. The molecule has 2 fully saturated rings. The lowest BCUT2D eigenvalue weighted by Crippen LogP contribution is -2.56. The zero-order valence-corrected chi connectivity index (χ0v) is 12.2. The summed E-state index contributed by atoms with van der Waals surface area (Å²) in [7, 11) is 3.62. The average molecular weight is 277 g/mol. The largest absolute Gasteiger partial charge is 0.368 e. The second-order valence-corrected chi connectivity index (χ2v) is 5.30. The molecule has 4 nitrogen and oxygen atoms in total. The highest BCUT2D eigenvalue weighted by Crippen LogP contribution is 2.29. The van der Waals surface area contributed by atoms with E-state index in [1.165, 1.54) is 12.8 Å². The fraction of sp³-hybridized carbons (Fsp3) is 0.923. The van der Waals surface area contributed by atoms with Crippen molar-refractivity contribution in [2.75, 3.05) is 27.2 Å². The number of hydrogen-bond acceptors (Lipinski definition) is 3. The van der Waals surface area contributed by atoms with Gasteiger partial charge in [-0.05, 0) is 38.8 Å². The molecular formula is C13H25ClN2O2. The van der Waals surface area contributed by atoms with Crippen LogP contribution in [0.15, 0.2) is 0 Å². The van der Waals surface area contributed by atoms with Gasteiger partial charge in [-0.1, -0.05) is 12.8 Å². The summed E-state index contributed by atoms with van der Waals surface area (Å²) < 4.78 is 5.59. The lowest BCUT2D eigenvalue weighted by Gasteiger charge is -2.39. The predicted molar refractivity (Wildman–Crippen MR) is 74.1 cm³/mol.